The molecule has 1 aliphatic rings. The number of hydrogen-bond acceptors (Lipinski definition) is 1. The Kier molecular flexibility index (Phi) is 2.08. The van der Waals surface area contributed by atoms with Gasteiger partial charge in [0.2, 0.25) is 0 Å². The van der Waals surface area contributed by atoms with Crippen LogP contribution in [0.1, 0.15) is 24.8 Å². The SMILES string of the molecule is OC1(CCc2ccc(F)cc2)CC1. The predicted molar refractivity (Wildman–Crippen MR) is 48.9 cm³/mol. The van der Waals surface area contributed by atoms with Crippen LogP contribution in [0.3, 0.4) is 0 Å². The Bertz CT molecular complexity index is 287. The molecule has 1 aromatic rings. The van der Waals surface area contributed by atoms with E-state index in [4.69, 9.17) is 0 Å². The first-order valence-corrected chi connectivity index (χ1v) is 4.65. The Labute approximate surface area is 77.2 Å². The van der Waals surface area contributed by atoms with Gasteiger partial charge in [-0.2, -0.15) is 0 Å². The van der Waals surface area contributed by atoms with Gasteiger partial charge in [0.1, 0.15) is 5.82 Å². The lowest BCUT2D eigenvalue weighted by Crippen LogP contribution is -2.07. The highest BCUT2D eigenvalue weighted by Gasteiger charge is 2.39. The second-order valence-electron chi connectivity index (χ2n) is 3.85. The minimum absolute atomic E-state index is 0.200. The molecule has 1 aromatic carbocycles. The quantitative estimate of drug-likeness (QED) is 0.756. The van der Waals surface area contributed by atoms with E-state index < -0.39 is 5.60 Å². The van der Waals surface area contributed by atoms with E-state index >= 15 is 0 Å². The van der Waals surface area contributed by atoms with Crippen molar-refractivity contribution in [2.75, 3.05) is 0 Å². The average Bonchev–Trinajstić information content (AvgIpc) is 2.84. The molecule has 1 aliphatic carbocycles. The largest absolute Gasteiger partial charge is 0.390 e. The molecule has 0 saturated heterocycles. The Morgan fingerprint density at radius 3 is 2.38 bits per heavy atom. The van der Waals surface area contributed by atoms with Crippen molar-refractivity contribution < 1.29 is 9.50 Å². The molecule has 0 aliphatic heterocycles. The van der Waals surface area contributed by atoms with Gasteiger partial charge in [0, 0.05) is 0 Å². The topological polar surface area (TPSA) is 20.2 Å². The van der Waals surface area contributed by atoms with E-state index in [0.717, 1.165) is 31.2 Å². The van der Waals surface area contributed by atoms with Gasteiger partial charge in [-0.1, -0.05) is 12.1 Å². The van der Waals surface area contributed by atoms with Crippen molar-refractivity contribution in [3.8, 4) is 0 Å². The third-order valence-corrected chi connectivity index (χ3v) is 2.62. The lowest BCUT2D eigenvalue weighted by Gasteiger charge is -2.06. The molecule has 0 atom stereocenters. The zero-order valence-corrected chi connectivity index (χ0v) is 7.46. The van der Waals surface area contributed by atoms with Gasteiger partial charge in [-0.25, -0.2) is 4.39 Å². The van der Waals surface area contributed by atoms with Crippen LogP contribution in [0.5, 0.6) is 0 Å². The second kappa shape index (κ2) is 3.11. The molecular formula is C11H13FO. The van der Waals surface area contributed by atoms with Crippen LogP contribution in [0.25, 0.3) is 0 Å². The summed E-state index contributed by atoms with van der Waals surface area (Å²) < 4.78 is 12.5. The molecule has 0 bridgehead atoms. The van der Waals surface area contributed by atoms with Crippen LogP contribution in [0.15, 0.2) is 24.3 Å². The lowest BCUT2D eigenvalue weighted by molar-refractivity contribution is 0.140. The Morgan fingerprint density at radius 2 is 1.85 bits per heavy atom. The minimum atomic E-state index is -0.394. The van der Waals surface area contributed by atoms with Crippen molar-refractivity contribution in [2.24, 2.45) is 0 Å². The summed E-state index contributed by atoms with van der Waals surface area (Å²) in [4.78, 5) is 0. The van der Waals surface area contributed by atoms with Crippen molar-refractivity contribution in [3.05, 3.63) is 35.6 Å². The molecule has 1 saturated carbocycles. The molecule has 1 N–H and O–H groups in total. The Morgan fingerprint density at radius 1 is 1.23 bits per heavy atom. The van der Waals surface area contributed by atoms with Crippen LogP contribution >= 0.6 is 0 Å². The van der Waals surface area contributed by atoms with Gasteiger partial charge in [0.05, 0.1) is 5.60 Å². The fourth-order valence-electron chi connectivity index (χ4n) is 1.42. The minimum Gasteiger partial charge on any atom is -0.390 e. The van der Waals surface area contributed by atoms with E-state index in [-0.39, 0.29) is 5.82 Å². The summed E-state index contributed by atoms with van der Waals surface area (Å²) in [6, 6.07) is 6.49. The fraction of sp³-hybridized carbons (Fsp3) is 0.455. The Balaban J connectivity index is 1.91. The number of benzene rings is 1. The van der Waals surface area contributed by atoms with Crippen molar-refractivity contribution in [2.45, 2.75) is 31.3 Å². The molecule has 2 heteroatoms. The third-order valence-electron chi connectivity index (χ3n) is 2.62. The normalized spacial score (nSPS) is 18.6. The molecule has 0 amide bonds. The maximum Gasteiger partial charge on any atom is 0.123 e. The maximum absolute atomic E-state index is 12.5. The standard InChI is InChI=1S/C11H13FO/c12-10-3-1-9(2-4-10)5-6-11(13)7-8-11/h1-4,13H,5-8H2. The van der Waals surface area contributed by atoms with E-state index in [2.05, 4.69) is 0 Å². The van der Waals surface area contributed by atoms with Gasteiger partial charge < -0.3 is 5.11 Å². The van der Waals surface area contributed by atoms with E-state index in [1.54, 1.807) is 12.1 Å². The highest BCUT2D eigenvalue weighted by molar-refractivity contribution is 5.17. The van der Waals surface area contributed by atoms with Crippen molar-refractivity contribution in [3.63, 3.8) is 0 Å². The summed E-state index contributed by atoms with van der Waals surface area (Å²) in [6.07, 6.45) is 3.50. The average molecular weight is 180 g/mol. The summed E-state index contributed by atoms with van der Waals surface area (Å²) in [7, 11) is 0. The summed E-state index contributed by atoms with van der Waals surface area (Å²) in [5.41, 5.74) is 0.704. The van der Waals surface area contributed by atoms with Crippen LogP contribution in [0.2, 0.25) is 0 Å². The summed E-state index contributed by atoms with van der Waals surface area (Å²) in [5.74, 6) is -0.200. The molecule has 0 unspecified atom stereocenters. The highest BCUT2D eigenvalue weighted by Crippen LogP contribution is 2.39. The molecule has 1 fully saturated rings. The first kappa shape index (κ1) is 8.70. The molecule has 0 radical (unpaired) electrons. The molecule has 0 heterocycles. The van der Waals surface area contributed by atoms with Gasteiger partial charge in [-0.3, -0.25) is 0 Å². The predicted octanol–water partition coefficient (Wildman–Crippen LogP) is 2.28. The molecule has 1 nitrogen and oxygen atoms in total. The van der Waals surface area contributed by atoms with Crippen molar-refractivity contribution in [1.29, 1.82) is 0 Å². The fourth-order valence-corrected chi connectivity index (χ4v) is 1.42. The van der Waals surface area contributed by atoms with Crippen LogP contribution in [0.4, 0.5) is 4.39 Å². The van der Waals surface area contributed by atoms with Gasteiger partial charge >= 0.3 is 0 Å². The summed E-state index contributed by atoms with van der Waals surface area (Å²) in [5, 5.41) is 9.57. The molecule has 2 rings (SSSR count). The number of hydrogen-bond donors (Lipinski definition) is 1. The molecule has 0 spiro atoms. The smallest absolute Gasteiger partial charge is 0.123 e. The first-order chi connectivity index (χ1) is 6.18. The number of aliphatic hydroxyl groups is 1. The summed E-state index contributed by atoms with van der Waals surface area (Å²) in [6.45, 7) is 0. The second-order valence-corrected chi connectivity index (χ2v) is 3.85. The monoisotopic (exact) mass is 180 g/mol. The highest BCUT2D eigenvalue weighted by atomic mass is 19.1. The zero-order chi connectivity index (χ0) is 9.31. The Hall–Kier alpha value is -0.890. The van der Waals surface area contributed by atoms with Crippen molar-refractivity contribution >= 4 is 0 Å². The molecule has 70 valence electrons. The van der Waals surface area contributed by atoms with Crippen molar-refractivity contribution in [1.82, 2.24) is 0 Å². The number of rotatable bonds is 3. The maximum atomic E-state index is 12.5. The molecular weight excluding hydrogens is 167 g/mol. The van der Waals surface area contributed by atoms with Crippen LogP contribution in [0, 0.1) is 5.82 Å². The molecule has 13 heavy (non-hydrogen) atoms. The molecule has 0 aromatic heterocycles. The van der Waals surface area contributed by atoms with E-state index in [1.807, 2.05) is 0 Å². The van der Waals surface area contributed by atoms with Gasteiger partial charge in [0.15, 0.2) is 0 Å². The number of halogens is 1. The summed E-state index contributed by atoms with van der Waals surface area (Å²) >= 11 is 0. The first-order valence-electron chi connectivity index (χ1n) is 4.65. The van der Waals surface area contributed by atoms with E-state index in [0.29, 0.717) is 0 Å². The van der Waals surface area contributed by atoms with Crippen LogP contribution < -0.4 is 0 Å². The van der Waals surface area contributed by atoms with Gasteiger partial charge in [0.25, 0.3) is 0 Å². The van der Waals surface area contributed by atoms with E-state index in [1.165, 1.54) is 12.1 Å². The van der Waals surface area contributed by atoms with E-state index in [9.17, 15) is 9.50 Å². The van der Waals surface area contributed by atoms with Gasteiger partial charge in [-0.05, 0) is 43.4 Å². The third kappa shape index (κ3) is 2.28. The van der Waals surface area contributed by atoms with Crippen LogP contribution in [-0.2, 0) is 6.42 Å². The zero-order valence-electron chi connectivity index (χ0n) is 7.46. The lowest BCUT2D eigenvalue weighted by atomic mass is 10.1. The van der Waals surface area contributed by atoms with Crippen LogP contribution in [-0.4, -0.2) is 10.7 Å². The number of aryl methyl sites for hydroxylation is 1. The van der Waals surface area contributed by atoms with Gasteiger partial charge in [-0.15, -0.1) is 0 Å².